The maximum Gasteiger partial charge on any atom is 0.269 e. The molecule has 1 aromatic carbocycles. The first-order valence-corrected chi connectivity index (χ1v) is 7.05. The van der Waals surface area contributed by atoms with Crippen molar-refractivity contribution in [2.45, 2.75) is 24.9 Å². The predicted octanol–water partition coefficient (Wildman–Crippen LogP) is 1.69. The number of benzene rings is 1. The molecule has 0 amide bonds. The Hall–Kier alpha value is -1.95. The molecule has 6 nitrogen and oxygen atoms in total. The van der Waals surface area contributed by atoms with Crippen LogP contribution < -0.4 is 5.43 Å². The zero-order chi connectivity index (χ0) is 13.7. The third kappa shape index (κ3) is 1.64. The second-order valence-corrected chi connectivity index (χ2v) is 5.75. The molecule has 0 radical (unpaired) electrons. The lowest BCUT2D eigenvalue weighted by Crippen LogP contribution is -2.56. The fourth-order valence-corrected chi connectivity index (χ4v) is 3.72. The van der Waals surface area contributed by atoms with E-state index in [2.05, 4.69) is 15.4 Å². The molecule has 0 spiro atoms. The number of non-ortho nitro benzene ring substituents is 1. The topological polar surface area (TPSA) is 70.8 Å². The summed E-state index contributed by atoms with van der Waals surface area (Å²) in [5.74, 6) is 0.626. The lowest BCUT2D eigenvalue weighted by molar-refractivity contribution is -0.384. The largest absolute Gasteiger partial charge is 0.301 e. The average Bonchev–Trinajstić information content (AvgIpc) is 2.95. The van der Waals surface area contributed by atoms with Gasteiger partial charge in [-0.25, -0.2) is 0 Å². The molecule has 2 atom stereocenters. The van der Waals surface area contributed by atoms with Gasteiger partial charge in [0, 0.05) is 18.1 Å². The van der Waals surface area contributed by atoms with Crippen LogP contribution in [0.4, 0.5) is 5.69 Å². The summed E-state index contributed by atoms with van der Waals surface area (Å²) in [5.41, 5.74) is 5.74. The number of nitrogens with one attached hydrogen (secondary N) is 1. The Morgan fingerprint density at radius 1 is 1.25 bits per heavy atom. The van der Waals surface area contributed by atoms with E-state index in [0.29, 0.717) is 12.0 Å². The third-order valence-electron chi connectivity index (χ3n) is 4.76. The van der Waals surface area contributed by atoms with Gasteiger partial charge in [-0.2, -0.15) is 5.10 Å². The highest BCUT2D eigenvalue weighted by molar-refractivity contribution is 5.95. The third-order valence-corrected chi connectivity index (χ3v) is 4.76. The number of nitro groups is 1. The molecule has 3 fully saturated rings. The van der Waals surface area contributed by atoms with Crippen molar-refractivity contribution < 1.29 is 4.92 Å². The molecule has 5 rings (SSSR count). The van der Waals surface area contributed by atoms with Crippen molar-refractivity contribution in [2.24, 2.45) is 11.0 Å². The highest BCUT2D eigenvalue weighted by atomic mass is 16.6. The molecule has 6 heteroatoms. The van der Waals surface area contributed by atoms with E-state index in [1.54, 1.807) is 12.1 Å². The fraction of sp³-hybridized carbons (Fsp3) is 0.500. The van der Waals surface area contributed by atoms with Gasteiger partial charge >= 0.3 is 0 Å². The molecule has 4 aliphatic heterocycles. The van der Waals surface area contributed by atoms with Crippen LogP contribution in [0, 0.1) is 16.0 Å². The van der Waals surface area contributed by atoms with E-state index in [1.807, 2.05) is 12.1 Å². The second-order valence-electron chi connectivity index (χ2n) is 5.75. The van der Waals surface area contributed by atoms with Gasteiger partial charge in [0.2, 0.25) is 0 Å². The van der Waals surface area contributed by atoms with Crippen LogP contribution in [0.5, 0.6) is 0 Å². The van der Waals surface area contributed by atoms with Gasteiger partial charge in [0.25, 0.3) is 5.69 Å². The summed E-state index contributed by atoms with van der Waals surface area (Å²) >= 11 is 0. The van der Waals surface area contributed by atoms with Crippen molar-refractivity contribution >= 4 is 11.4 Å². The van der Waals surface area contributed by atoms with E-state index in [0.717, 1.165) is 18.7 Å². The standard InChI is InChI=1S/C14H16N4O2/c19-18(20)11-3-1-9(2-4-11)12-14-13(16-15-12)10-5-7-17(14)8-6-10/h1-4,10,12,14-15H,5-8H2. The Labute approximate surface area is 116 Å². The molecule has 4 heterocycles. The van der Waals surface area contributed by atoms with Crippen molar-refractivity contribution in [3.63, 3.8) is 0 Å². The molecule has 0 aliphatic carbocycles. The molecular formula is C14H16N4O2. The molecule has 2 bridgehead atoms. The van der Waals surface area contributed by atoms with Gasteiger partial charge < -0.3 is 5.43 Å². The van der Waals surface area contributed by atoms with E-state index >= 15 is 0 Å². The minimum Gasteiger partial charge on any atom is -0.301 e. The van der Waals surface area contributed by atoms with Crippen molar-refractivity contribution in [3.8, 4) is 0 Å². The number of piperidine rings is 3. The maximum absolute atomic E-state index is 10.7. The molecule has 1 aromatic rings. The molecule has 3 saturated heterocycles. The molecule has 2 unspecified atom stereocenters. The second kappa shape index (κ2) is 4.28. The lowest BCUT2D eigenvalue weighted by atomic mass is 9.78. The van der Waals surface area contributed by atoms with Gasteiger partial charge in [0.15, 0.2) is 0 Å². The van der Waals surface area contributed by atoms with Crippen molar-refractivity contribution in [1.82, 2.24) is 10.3 Å². The lowest BCUT2D eigenvalue weighted by Gasteiger charge is -2.45. The smallest absolute Gasteiger partial charge is 0.269 e. The summed E-state index contributed by atoms with van der Waals surface area (Å²) in [7, 11) is 0. The number of nitro benzene ring substituents is 1. The molecule has 104 valence electrons. The van der Waals surface area contributed by atoms with E-state index in [-0.39, 0.29) is 16.7 Å². The fourth-order valence-electron chi connectivity index (χ4n) is 3.72. The summed E-state index contributed by atoms with van der Waals surface area (Å²) in [6.45, 7) is 2.28. The number of hydrogen-bond acceptors (Lipinski definition) is 5. The van der Waals surface area contributed by atoms with Gasteiger partial charge in [-0.1, -0.05) is 12.1 Å². The van der Waals surface area contributed by atoms with Crippen LogP contribution in [0.2, 0.25) is 0 Å². The monoisotopic (exact) mass is 272 g/mol. The Kier molecular flexibility index (Phi) is 2.53. The van der Waals surface area contributed by atoms with Crippen molar-refractivity contribution in [1.29, 1.82) is 0 Å². The van der Waals surface area contributed by atoms with Crippen molar-refractivity contribution in [2.75, 3.05) is 13.1 Å². The van der Waals surface area contributed by atoms with E-state index in [4.69, 9.17) is 0 Å². The first kappa shape index (κ1) is 11.8. The SMILES string of the molecule is O=[N+]([O-])c1ccc(C2NN=C3C4CCN(CC4)C32)cc1. The summed E-state index contributed by atoms with van der Waals surface area (Å²) in [6.07, 6.45) is 2.42. The molecule has 4 aliphatic rings. The normalized spacial score (nSPS) is 34.3. The quantitative estimate of drug-likeness (QED) is 0.657. The van der Waals surface area contributed by atoms with Gasteiger partial charge in [0.05, 0.1) is 22.7 Å². The van der Waals surface area contributed by atoms with Crippen LogP contribution in [0.15, 0.2) is 29.4 Å². The minimum atomic E-state index is -0.361. The molecule has 1 N–H and O–H groups in total. The van der Waals surface area contributed by atoms with Crippen LogP contribution >= 0.6 is 0 Å². The minimum absolute atomic E-state index is 0.133. The summed E-state index contributed by atoms with van der Waals surface area (Å²) in [5, 5.41) is 15.3. The van der Waals surface area contributed by atoms with Crippen LogP contribution in [0.1, 0.15) is 24.4 Å². The zero-order valence-corrected chi connectivity index (χ0v) is 11.0. The molecule has 0 aromatic heterocycles. The number of hydrazone groups is 1. The molecule has 0 saturated carbocycles. The number of hydrogen-bond donors (Lipinski definition) is 1. The Balaban J connectivity index is 1.62. The van der Waals surface area contributed by atoms with E-state index in [9.17, 15) is 10.1 Å². The van der Waals surface area contributed by atoms with Crippen LogP contribution in [-0.4, -0.2) is 34.7 Å². The number of rotatable bonds is 2. The maximum atomic E-state index is 10.7. The first-order chi connectivity index (χ1) is 9.74. The van der Waals surface area contributed by atoms with Gasteiger partial charge in [-0.3, -0.25) is 15.0 Å². The van der Waals surface area contributed by atoms with Crippen LogP contribution in [0.25, 0.3) is 0 Å². The zero-order valence-electron chi connectivity index (χ0n) is 11.0. The molecular weight excluding hydrogens is 256 g/mol. The van der Waals surface area contributed by atoms with Gasteiger partial charge in [-0.05, 0) is 31.5 Å². The number of fused-ring (bicyclic) bond motifs is 2. The van der Waals surface area contributed by atoms with Gasteiger partial charge in [-0.15, -0.1) is 0 Å². The van der Waals surface area contributed by atoms with Crippen LogP contribution in [-0.2, 0) is 0 Å². The number of nitrogens with zero attached hydrogens (tertiary/aromatic N) is 3. The predicted molar refractivity (Wildman–Crippen MR) is 74.5 cm³/mol. The van der Waals surface area contributed by atoms with Crippen LogP contribution in [0.3, 0.4) is 0 Å². The Bertz CT molecular complexity index is 575. The van der Waals surface area contributed by atoms with Gasteiger partial charge in [0.1, 0.15) is 0 Å². The summed E-state index contributed by atoms with van der Waals surface area (Å²) in [6, 6.07) is 7.31. The van der Waals surface area contributed by atoms with E-state index in [1.165, 1.54) is 18.6 Å². The first-order valence-electron chi connectivity index (χ1n) is 7.05. The Morgan fingerprint density at radius 3 is 2.60 bits per heavy atom. The van der Waals surface area contributed by atoms with Crippen molar-refractivity contribution in [3.05, 3.63) is 39.9 Å². The van der Waals surface area contributed by atoms with E-state index < -0.39 is 0 Å². The average molecular weight is 272 g/mol. The highest BCUT2D eigenvalue weighted by Crippen LogP contribution is 2.39. The Morgan fingerprint density at radius 2 is 1.95 bits per heavy atom. The summed E-state index contributed by atoms with van der Waals surface area (Å²) in [4.78, 5) is 12.9. The highest BCUT2D eigenvalue weighted by Gasteiger charge is 2.46. The molecule has 20 heavy (non-hydrogen) atoms. The summed E-state index contributed by atoms with van der Waals surface area (Å²) < 4.78 is 0.